The van der Waals surface area contributed by atoms with Crippen molar-refractivity contribution in [3.05, 3.63) is 34.9 Å². The third-order valence-electron chi connectivity index (χ3n) is 3.77. The molecule has 0 bridgehead atoms. The van der Waals surface area contributed by atoms with Crippen LogP contribution in [0.25, 0.3) is 0 Å². The molecule has 3 heteroatoms. The second-order valence-electron chi connectivity index (χ2n) is 5.09. The summed E-state index contributed by atoms with van der Waals surface area (Å²) in [5.41, 5.74) is 7.05. The number of piperidine rings is 1. The number of rotatable bonds is 5. The third kappa shape index (κ3) is 3.71. The number of benzene rings is 1. The van der Waals surface area contributed by atoms with Gasteiger partial charge in [0.25, 0.3) is 0 Å². The molecule has 1 heterocycles. The maximum Gasteiger partial charge on any atom is 0.0406 e. The lowest BCUT2D eigenvalue weighted by Crippen LogP contribution is -2.34. The highest BCUT2D eigenvalue weighted by atomic mass is 35.5. The van der Waals surface area contributed by atoms with Crippen LogP contribution in [0.3, 0.4) is 0 Å². The number of hydrogen-bond acceptors (Lipinski definition) is 2. The summed E-state index contributed by atoms with van der Waals surface area (Å²) in [5, 5.41) is 0.815. The Morgan fingerprint density at radius 3 is 2.39 bits per heavy atom. The summed E-state index contributed by atoms with van der Waals surface area (Å²) in [6.07, 6.45) is 6.27. The van der Waals surface area contributed by atoms with Crippen LogP contribution in [-0.2, 0) is 0 Å². The summed E-state index contributed by atoms with van der Waals surface area (Å²) in [6, 6.07) is 8.84. The Labute approximate surface area is 115 Å². The van der Waals surface area contributed by atoms with Gasteiger partial charge in [-0.25, -0.2) is 0 Å². The van der Waals surface area contributed by atoms with Gasteiger partial charge in [0, 0.05) is 11.1 Å². The molecule has 1 aliphatic heterocycles. The number of nitrogens with two attached hydrogens (primary N) is 1. The van der Waals surface area contributed by atoms with Gasteiger partial charge in [0.2, 0.25) is 0 Å². The number of nitrogens with zero attached hydrogens (tertiary/aromatic N) is 1. The molecular formula is C15H23ClN2. The largest absolute Gasteiger partial charge is 0.330 e. The lowest BCUT2D eigenvalue weighted by molar-refractivity contribution is 0.154. The molecule has 2 N–H and O–H groups in total. The Bertz CT molecular complexity index is 344. The van der Waals surface area contributed by atoms with Gasteiger partial charge in [0.05, 0.1) is 0 Å². The van der Waals surface area contributed by atoms with Crippen molar-refractivity contribution in [2.45, 2.75) is 38.1 Å². The van der Waals surface area contributed by atoms with Crippen LogP contribution in [-0.4, -0.2) is 24.5 Å². The average molecular weight is 267 g/mol. The summed E-state index contributed by atoms with van der Waals surface area (Å²) in [6.45, 7) is 3.22. The van der Waals surface area contributed by atoms with E-state index in [1.54, 1.807) is 0 Å². The van der Waals surface area contributed by atoms with Crippen LogP contribution in [0.1, 0.15) is 43.7 Å². The van der Waals surface area contributed by atoms with E-state index in [0.717, 1.165) is 24.4 Å². The van der Waals surface area contributed by atoms with Gasteiger partial charge in [-0.3, -0.25) is 4.90 Å². The molecule has 1 unspecified atom stereocenters. The second-order valence-corrected chi connectivity index (χ2v) is 5.53. The molecule has 0 aromatic heterocycles. The quantitative estimate of drug-likeness (QED) is 0.882. The Morgan fingerprint density at radius 1 is 1.11 bits per heavy atom. The molecule has 2 nitrogen and oxygen atoms in total. The van der Waals surface area contributed by atoms with Crippen molar-refractivity contribution in [1.82, 2.24) is 4.90 Å². The highest BCUT2D eigenvalue weighted by Gasteiger charge is 2.21. The fourth-order valence-electron chi connectivity index (χ4n) is 2.79. The van der Waals surface area contributed by atoms with Crippen LogP contribution >= 0.6 is 11.6 Å². The summed E-state index contributed by atoms with van der Waals surface area (Å²) in [7, 11) is 0. The summed E-state index contributed by atoms with van der Waals surface area (Å²) >= 11 is 5.97. The first-order valence-corrected chi connectivity index (χ1v) is 7.38. The first-order valence-electron chi connectivity index (χ1n) is 7.01. The molecule has 0 aliphatic carbocycles. The molecule has 100 valence electrons. The fourth-order valence-corrected chi connectivity index (χ4v) is 2.91. The molecule has 1 aromatic carbocycles. The van der Waals surface area contributed by atoms with E-state index in [0.29, 0.717) is 6.04 Å². The second kappa shape index (κ2) is 7.13. The van der Waals surface area contributed by atoms with Crippen LogP contribution in [0.5, 0.6) is 0 Å². The molecule has 0 saturated carbocycles. The molecule has 1 atom stereocenters. The van der Waals surface area contributed by atoms with Crippen LogP contribution in [0, 0.1) is 0 Å². The van der Waals surface area contributed by atoms with E-state index in [2.05, 4.69) is 17.0 Å². The van der Waals surface area contributed by atoms with E-state index in [-0.39, 0.29) is 0 Å². The lowest BCUT2D eigenvalue weighted by Gasteiger charge is -2.35. The Balaban J connectivity index is 2.10. The molecular weight excluding hydrogens is 244 g/mol. The predicted molar refractivity (Wildman–Crippen MR) is 77.9 cm³/mol. The fraction of sp³-hybridized carbons (Fsp3) is 0.600. The molecule has 0 amide bonds. The standard InChI is InChI=1S/C15H23ClN2/c16-14-8-6-13(7-9-14)15(5-4-10-17)18-11-2-1-3-12-18/h6-9,15H,1-5,10-12,17H2. The third-order valence-corrected chi connectivity index (χ3v) is 4.02. The predicted octanol–water partition coefficient (Wildman–Crippen LogP) is 3.61. The summed E-state index contributed by atoms with van der Waals surface area (Å²) in [5.74, 6) is 0. The molecule has 18 heavy (non-hydrogen) atoms. The van der Waals surface area contributed by atoms with Gasteiger partial charge in [0.1, 0.15) is 0 Å². The van der Waals surface area contributed by atoms with E-state index in [1.807, 2.05) is 12.1 Å². The minimum absolute atomic E-state index is 0.520. The van der Waals surface area contributed by atoms with Crippen LogP contribution in [0.4, 0.5) is 0 Å². The molecule has 0 radical (unpaired) electrons. The summed E-state index contributed by atoms with van der Waals surface area (Å²) in [4.78, 5) is 2.61. The van der Waals surface area contributed by atoms with E-state index in [1.165, 1.54) is 37.9 Å². The van der Waals surface area contributed by atoms with E-state index < -0.39 is 0 Å². The molecule has 1 fully saturated rings. The van der Waals surface area contributed by atoms with Crippen molar-refractivity contribution in [3.63, 3.8) is 0 Å². The molecule has 2 rings (SSSR count). The minimum Gasteiger partial charge on any atom is -0.330 e. The van der Waals surface area contributed by atoms with Crippen molar-refractivity contribution >= 4 is 11.6 Å². The molecule has 1 aromatic rings. The zero-order chi connectivity index (χ0) is 12.8. The van der Waals surface area contributed by atoms with Crippen LogP contribution in [0.2, 0.25) is 5.02 Å². The van der Waals surface area contributed by atoms with E-state index >= 15 is 0 Å². The highest BCUT2D eigenvalue weighted by molar-refractivity contribution is 6.30. The van der Waals surface area contributed by atoms with E-state index in [9.17, 15) is 0 Å². The van der Waals surface area contributed by atoms with Crippen molar-refractivity contribution in [2.75, 3.05) is 19.6 Å². The highest BCUT2D eigenvalue weighted by Crippen LogP contribution is 2.29. The average Bonchev–Trinajstić information content (AvgIpc) is 2.42. The topological polar surface area (TPSA) is 29.3 Å². The van der Waals surface area contributed by atoms with Crippen LogP contribution in [0.15, 0.2) is 24.3 Å². The minimum atomic E-state index is 0.520. The van der Waals surface area contributed by atoms with Crippen molar-refractivity contribution in [3.8, 4) is 0 Å². The van der Waals surface area contributed by atoms with Gasteiger partial charge < -0.3 is 5.73 Å². The van der Waals surface area contributed by atoms with Gasteiger partial charge in [-0.1, -0.05) is 30.2 Å². The maximum atomic E-state index is 5.97. The molecule has 0 spiro atoms. The first kappa shape index (κ1) is 13.9. The Morgan fingerprint density at radius 2 is 1.78 bits per heavy atom. The molecule has 1 aliphatic rings. The van der Waals surface area contributed by atoms with Crippen molar-refractivity contribution in [1.29, 1.82) is 0 Å². The number of hydrogen-bond donors (Lipinski definition) is 1. The SMILES string of the molecule is NCCCC(c1ccc(Cl)cc1)N1CCCCC1. The number of halogens is 1. The zero-order valence-electron chi connectivity index (χ0n) is 10.9. The van der Waals surface area contributed by atoms with Crippen molar-refractivity contribution < 1.29 is 0 Å². The lowest BCUT2D eigenvalue weighted by atomic mass is 9.97. The first-order chi connectivity index (χ1) is 8.81. The van der Waals surface area contributed by atoms with Crippen molar-refractivity contribution in [2.24, 2.45) is 5.73 Å². The summed E-state index contributed by atoms with van der Waals surface area (Å²) < 4.78 is 0. The normalized spacial score (nSPS) is 18.8. The smallest absolute Gasteiger partial charge is 0.0406 e. The monoisotopic (exact) mass is 266 g/mol. The zero-order valence-corrected chi connectivity index (χ0v) is 11.7. The van der Waals surface area contributed by atoms with Gasteiger partial charge in [-0.15, -0.1) is 0 Å². The number of likely N-dealkylation sites (tertiary alicyclic amines) is 1. The Hall–Kier alpha value is -0.570. The Kier molecular flexibility index (Phi) is 5.48. The van der Waals surface area contributed by atoms with Gasteiger partial charge >= 0.3 is 0 Å². The van der Waals surface area contributed by atoms with Gasteiger partial charge in [0.15, 0.2) is 0 Å². The van der Waals surface area contributed by atoms with Crippen LogP contribution < -0.4 is 5.73 Å². The van der Waals surface area contributed by atoms with Gasteiger partial charge in [-0.2, -0.15) is 0 Å². The van der Waals surface area contributed by atoms with Gasteiger partial charge in [-0.05, 0) is 63.0 Å². The molecule has 1 saturated heterocycles. The maximum absolute atomic E-state index is 5.97. The van der Waals surface area contributed by atoms with E-state index in [4.69, 9.17) is 17.3 Å².